The predicted octanol–water partition coefficient (Wildman–Crippen LogP) is 5.47. The van der Waals surface area contributed by atoms with Gasteiger partial charge in [-0.15, -0.1) is 0 Å². The second kappa shape index (κ2) is 8.38. The van der Waals surface area contributed by atoms with E-state index in [4.69, 9.17) is 0 Å². The Labute approximate surface area is 184 Å². The molecule has 0 amide bonds. The number of allylic oxidation sites excluding steroid dienone is 4. The van der Waals surface area contributed by atoms with E-state index < -0.39 is 0 Å². The zero-order valence-electron chi connectivity index (χ0n) is 15.7. The van der Waals surface area contributed by atoms with E-state index in [0.29, 0.717) is 0 Å². The summed E-state index contributed by atoms with van der Waals surface area (Å²) in [7, 11) is 0. The van der Waals surface area contributed by atoms with Crippen molar-refractivity contribution in [3.05, 3.63) is 121 Å². The average molecular weight is 466 g/mol. The number of hydrogen-bond acceptors (Lipinski definition) is 4. The Morgan fingerprint density at radius 2 is 0.862 bits per heavy atom. The Morgan fingerprint density at radius 3 is 1.34 bits per heavy atom. The van der Waals surface area contributed by atoms with Gasteiger partial charge in [0.15, 0.2) is 0 Å². The normalized spacial score (nSPS) is 16.3. The molecule has 0 radical (unpaired) electrons. The van der Waals surface area contributed by atoms with Gasteiger partial charge >= 0.3 is 19.5 Å². The zero-order chi connectivity index (χ0) is 18.8. The average Bonchev–Trinajstić information content (AvgIpc) is 2.79. The Bertz CT molecular complexity index is 979. The van der Waals surface area contributed by atoms with Crippen LogP contribution in [-0.2, 0) is 19.5 Å². The molecule has 4 aliphatic rings. The van der Waals surface area contributed by atoms with Crippen LogP contribution < -0.4 is 10.0 Å². The number of anilines is 2. The van der Waals surface area contributed by atoms with Gasteiger partial charge in [0.25, 0.3) is 0 Å². The number of para-hydroxylation sites is 2. The molecule has 0 aromatic heterocycles. The van der Waals surface area contributed by atoms with Crippen molar-refractivity contribution < 1.29 is 19.5 Å². The number of nitrogens with zero attached hydrogens (tertiary/aromatic N) is 4. The van der Waals surface area contributed by atoms with E-state index in [-0.39, 0.29) is 19.5 Å². The van der Waals surface area contributed by atoms with Gasteiger partial charge in [0.05, 0.1) is 11.4 Å². The van der Waals surface area contributed by atoms with Gasteiger partial charge in [0, 0.05) is 48.3 Å². The van der Waals surface area contributed by atoms with Crippen LogP contribution >= 0.6 is 0 Å². The largest absolute Gasteiger partial charge is 2.00 e. The van der Waals surface area contributed by atoms with Gasteiger partial charge in [-0.25, -0.2) is 0 Å². The molecule has 0 saturated carbocycles. The molecule has 6 rings (SSSR count). The van der Waals surface area contributed by atoms with Gasteiger partial charge in [-0.05, 0) is 48.6 Å². The quantitative estimate of drug-likeness (QED) is 0.479. The fraction of sp³-hybridized carbons (Fsp3) is 0. The molecular formula is C24H20N4Ru+2. The molecule has 0 fully saturated rings. The summed E-state index contributed by atoms with van der Waals surface area (Å²) in [5.74, 6) is 0. The van der Waals surface area contributed by atoms with E-state index >= 15 is 0 Å². The van der Waals surface area contributed by atoms with Crippen LogP contribution in [0.3, 0.4) is 0 Å². The summed E-state index contributed by atoms with van der Waals surface area (Å²) in [5.41, 5.74) is 4.94. The first-order chi connectivity index (χ1) is 13.9. The molecule has 0 N–H and O–H groups in total. The summed E-state index contributed by atoms with van der Waals surface area (Å²) in [4.78, 5) is 0. The van der Waals surface area contributed by atoms with Crippen molar-refractivity contribution in [3.63, 3.8) is 0 Å². The Hall–Kier alpha value is -3.30. The summed E-state index contributed by atoms with van der Waals surface area (Å²) < 4.78 is 0. The summed E-state index contributed by atoms with van der Waals surface area (Å²) in [6.45, 7) is 0. The van der Waals surface area contributed by atoms with Gasteiger partial charge < -0.3 is 0 Å². The van der Waals surface area contributed by atoms with Crippen LogP contribution in [0, 0.1) is 0 Å². The molecule has 0 aliphatic carbocycles. The minimum atomic E-state index is 0. The second-order valence-electron chi connectivity index (χ2n) is 6.56. The van der Waals surface area contributed by atoms with Crippen molar-refractivity contribution >= 4 is 23.5 Å². The Balaban J connectivity index is 0.000000137. The topological polar surface area (TPSA) is 13.0 Å². The van der Waals surface area contributed by atoms with Crippen LogP contribution in [-0.4, -0.2) is 10.0 Å². The van der Waals surface area contributed by atoms with Crippen LogP contribution in [0.1, 0.15) is 11.1 Å². The van der Waals surface area contributed by atoms with Crippen molar-refractivity contribution in [1.82, 2.24) is 10.0 Å². The molecule has 5 heteroatoms. The molecule has 0 bridgehead atoms. The molecule has 0 unspecified atom stereocenters. The summed E-state index contributed by atoms with van der Waals surface area (Å²) in [5, 5.41) is 8.36. The van der Waals surface area contributed by atoms with E-state index in [2.05, 4.69) is 106 Å². The summed E-state index contributed by atoms with van der Waals surface area (Å²) in [6, 6.07) is 16.7. The Morgan fingerprint density at radius 1 is 0.448 bits per heavy atom. The number of rotatable bonds is 0. The van der Waals surface area contributed by atoms with Crippen LogP contribution in [0.4, 0.5) is 11.4 Å². The molecule has 4 nitrogen and oxygen atoms in total. The van der Waals surface area contributed by atoms with Gasteiger partial charge in [0.2, 0.25) is 0 Å². The summed E-state index contributed by atoms with van der Waals surface area (Å²) in [6.07, 6.45) is 24.7. The van der Waals surface area contributed by atoms with Crippen molar-refractivity contribution in [2.45, 2.75) is 0 Å². The second-order valence-corrected chi connectivity index (χ2v) is 6.56. The van der Waals surface area contributed by atoms with Gasteiger partial charge in [0.1, 0.15) is 0 Å². The molecule has 2 aromatic rings. The molecule has 4 aliphatic heterocycles. The monoisotopic (exact) mass is 466 g/mol. The molecule has 0 saturated heterocycles. The van der Waals surface area contributed by atoms with Crippen LogP contribution in [0.2, 0.25) is 0 Å². The molecule has 2 aromatic carbocycles. The summed E-state index contributed by atoms with van der Waals surface area (Å²) >= 11 is 0. The number of fused-ring (bicyclic) bond motifs is 6. The number of hydrogen-bond donors (Lipinski definition) is 0. The maximum Gasteiger partial charge on any atom is 2.00 e. The third kappa shape index (κ3) is 3.69. The van der Waals surface area contributed by atoms with E-state index in [1.54, 1.807) is 0 Å². The van der Waals surface area contributed by atoms with Gasteiger partial charge in [-0.3, -0.25) is 20.0 Å². The zero-order valence-corrected chi connectivity index (χ0v) is 17.4. The molecule has 4 heterocycles. The first-order valence-electron chi connectivity index (χ1n) is 9.30. The van der Waals surface area contributed by atoms with Crippen LogP contribution in [0.15, 0.2) is 110 Å². The molecule has 0 spiro atoms. The van der Waals surface area contributed by atoms with Crippen molar-refractivity contribution in [2.75, 3.05) is 10.0 Å². The number of hydrazine groups is 2. The Kier molecular flexibility index (Phi) is 5.50. The number of benzene rings is 2. The molecular weight excluding hydrogens is 445 g/mol. The van der Waals surface area contributed by atoms with Crippen molar-refractivity contribution in [2.24, 2.45) is 0 Å². The van der Waals surface area contributed by atoms with E-state index in [1.165, 1.54) is 22.5 Å². The first kappa shape index (κ1) is 19.0. The molecule has 29 heavy (non-hydrogen) atoms. The molecule has 0 atom stereocenters. The minimum Gasteiger partial charge on any atom is -0.264 e. The maximum absolute atomic E-state index is 2.12. The third-order valence-electron chi connectivity index (χ3n) is 4.83. The van der Waals surface area contributed by atoms with Crippen LogP contribution in [0.5, 0.6) is 0 Å². The van der Waals surface area contributed by atoms with Gasteiger partial charge in [-0.2, -0.15) is 0 Å². The maximum atomic E-state index is 2.12. The SMILES string of the molecule is C1=CN2C=Cc3ccccc3N2C=C1.C1=CN2C=Cc3ccccc3N2C=C1.[Ru+2]. The molecule has 142 valence electrons. The van der Waals surface area contributed by atoms with Crippen molar-refractivity contribution in [1.29, 1.82) is 0 Å². The minimum absolute atomic E-state index is 0. The van der Waals surface area contributed by atoms with E-state index in [9.17, 15) is 0 Å². The van der Waals surface area contributed by atoms with E-state index in [0.717, 1.165) is 0 Å². The van der Waals surface area contributed by atoms with Crippen LogP contribution in [0.25, 0.3) is 12.2 Å². The predicted molar refractivity (Wildman–Crippen MR) is 116 cm³/mol. The fourth-order valence-corrected chi connectivity index (χ4v) is 3.48. The van der Waals surface area contributed by atoms with E-state index in [1.807, 2.05) is 36.7 Å². The fourth-order valence-electron chi connectivity index (χ4n) is 3.48. The standard InChI is InChI=1S/2C12H10N2.Ru/c2*1-2-6-12-11(5-1)7-10-13-8-3-4-9-14(12)13;/h2*1-10H;/q;;+2. The van der Waals surface area contributed by atoms with Crippen molar-refractivity contribution in [3.8, 4) is 0 Å². The van der Waals surface area contributed by atoms with Gasteiger partial charge in [-0.1, -0.05) is 36.4 Å². The first-order valence-corrected chi connectivity index (χ1v) is 9.30. The smallest absolute Gasteiger partial charge is 0.264 e. The third-order valence-corrected chi connectivity index (χ3v) is 4.83.